The molecule has 0 radical (unpaired) electrons. The largest absolute Gasteiger partial charge is 0.495 e. The molecule has 1 aromatic rings. The lowest BCUT2D eigenvalue weighted by Crippen LogP contribution is -2.28. The van der Waals surface area contributed by atoms with Crippen molar-refractivity contribution in [3.8, 4) is 5.75 Å². The predicted molar refractivity (Wildman–Crippen MR) is 66.6 cm³/mol. The van der Waals surface area contributed by atoms with Crippen molar-refractivity contribution in [2.24, 2.45) is 4.99 Å². The molecule has 0 saturated carbocycles. The second-order valence-electron chi connectivity index (χ2n) is 4.24. The zero-order chi connectivity index (χ0) is 12.3. The van der Waals surface area contributed by atoms with Gasteiger partial charge in [-0.15, -0.1) is 0 Å². The number of hydrogen-bond donors (Lipinski definition) is 0. The highest BCUT2D eigenvalue weighted by Gasteiger charge is 2.25. The molecule has 4 heteroatoms. The maximum Gasteiger partial charge on any atom is 0.234 e. The average Bonchev–Trinajstić information content (AvgIpc) is 2.37. The van der Waals surface area contributed by atoms with Gasteiger partial charge in [-0.1, -0.05) is 12.1 Å². The summed E-state index contributed by atoms with van der Waals surface area (Å²) in [6.45, 7) is 1.46. The predicted octanol–water partition coefficient (Wildman–Crippen LogP) is 1.95. The number of carbonyl (C=O) groups excluding carboxylic acids is 1. The second-order valence-corrected chi connectivity index (χ2v) is 4.24. The molecule has 4 nitrogen and oxygen atoms in total. The number of fused-ring (bicyclic) bond motifs is 1. The number of hydrogen-bond acceptors (Lipinski definition) is 4. The van der Waals surface area contributed by atoms with Crippen molar-refractivity contribution in [1.29, 1.82) is 0 Å². The SMILES string of the molecule is COc1cccc2c1N(C)CCC2CN=C=O. The molecule has 0 fully saturated rings. The number of aliphatic imine (C=N–C) groups is 1. The molecule has 0 saturated heterocycles. The molecular formula is C13H16N2O2. The highest BCUT2D eigenvalue weighted by Crippen LogP contribution is 2.40. The first kappa shape index (κ1) is 11.7. The highest BCUT2D eigenvalue weighted by molar-refractivity contribution is 5.66. The Kier molecular flexibility index (Phi) is 3.45. The third-order valence-corrected chi connectivity index (χ3v) is 3.26. The maximum atomic E-state index is 10.2. The summed E-state index contributed by atoms with van der Waals surface area (Å²) < 4.78 is 5.39. The van der Waals surface area contributed by atoms with E-state index in [1.165, 1.54) is 5.56 Å². The van der Waals surface area contributed by atoms with Gasteiger partial charge in [0.05, 0.1) is 19.3 Å². The number of rotatable bonds is 3. The number of isocyanates is 1. The van der Waals surface area contributed by atoms with Crippen molar-refractivity contribution in [3.05, 3.63) is 23.8 Å². The van der Waals surface area contributed by atoms with Crippen molar-refractivity contribution in [3.63, 3.8) is 0 Å². The monoisotopic (exact) mass is 232 g/mol. The number of anilines is 1. The van der Waals surface area contributed by atoms with Crippen LogP contribution in [0.3, 0.4) is 0 Å². The fourth-order valence-electron chi connectivity index (χ4n) is 2.40. The Morgan fingerprint density at radius 1 is 1.59 bits per heavy atom. The van der Waals surface area contributed by atoms with Gasteiger partial charge in [-0.2, -0.15) is 0 Å². The van der Waals surface area contributed by atoms with E-state index in [1.54, 1.807) is 13.2 Å². The minimum atomic E-state index is 0.290. The third-order valence-electron chi connectivity index (χ3n) is 3.26. The number of nitrogens with zero attached hydrogens (tertiary/aromatic N) is 2. The number of methoxy groups -OCH3 is 1. The van der Waals surface area contributed by atoms with Gasteiger partial charge in [-0.25, -0.2) is 9.79 Å². The fraction of sp³-hybridized carbons (Fsp3) is 0.462. The molecule has 0 N–H and O–H groups in total. The van der Waals surface area contributed by atoms with Crippen LogP contribution in [0.1, 0.15) is 17.9 Å². The molecule has 1 atom stereocenters. The number of ether oxygens (including phenoxy) is 1. The maximum absolute atomic E-state index is 10.2. The van der Waals surface area contributed by atoms with Crippen LogP contribution in [0.2, 0.25) is 0 Å². The van der Waals surface area contributed by atoms with Crippen LogP contribution >= 0.6 is 0 Å². The lowest BCUT2D eigenvalue weighted by molar-refractivity contribution is 0.411. The first-order valence-corrected chi connectivity index (χ1v) is 5.69. The summed E-state index contributed by atoms with van der Waals surface area (Å²) in [6.07, 6.45) is 2.62. The van der Waals surface area contributed by atoms with E-state index in [2.05, 4.69) is 23.0 Å². The van der Waals surface area contributed by atoms with Gasteiger partial charge in [0.2, 0.25) is 6.08 Å². The van der Waals surface area contributed by atoms with Gasteiger partial charge in [0, 0.05) is 19.5 Å². The van der Waals surface area contributed by atoms with Gasteiger partial charge >= 0.3 is 0 Å². The van der Waals surface area contributed by atoms with E-state index in [-0.39, 0.29) is 5.92 Å². The van der Waals surface area contributed by atoms with Crippen LogP contribution in [0.15, 0.2) is 23.2 Å². The molecular weight excluding hydrogens is 216 g/mol. The summed E-state index contributed by atoms with van der Waals surface area (Å²) in [4.78, 5) is 16.1. The van der Waals surface area contributed by atoms with Crippen LogP contribution < -0.4 is 9.64 Å². The van der Waals surface area contributed by atoms with E-state index >= 15 is 0 Å². The van der Waals surface area contributed by atoms with Crippen LogP contribution in [0.25, 0.3) is 0 Å². The lowest BCUT2D eigenvalue weighted by Gasteiger charge is -2.33. The molecule has 90 valence electrons. The quantitative estimate of drug-likeness (QED) is 0.591. The van der Waals surface area contributed by atoms with Gasteiger partial charge in [0.15, 0.2) is 0 Å². The zero-order valence-corrected chi connectivity index (χ0v) is 10.1. The molecule has 0 aliphatic carbocycles. The van der Waals surface area contributed by atoms with Crippen LogP contribution in [-0.2, 0) is 4.79 Å². The minimum Gasteiger partial charge on any atom is -0.495 e. The van der Waals surface area contributed by atoms with Crippen LogP contribution in [0.5, 0.6) is 5.75 Å². The smallest absolute Gasteiger partial charge is 0.234 e. The van der Waals surface area contributed by atoms with Gasteiger partial charge < -0.3 is 9.64 Å². The molecule has 0 amide bonds. The van der Waals surface area contributed by atoms with Crippen LogP contribution in [-0.4, -0.2) is 33.3 Å². The molecule has 1 heterocycles. The van der Waals surface area contributed by atoms with Crippen molar-refractivity contribution >= 4 is 11.8 Å². The molecule has 0 bridgehead atoms. The fourth-order valence-corrected chi connectivity index (χ4v) is 2.40. The van der Waals surface area contributed by atoms with E-state index < -0.39 is 0 Å². The van der Waals surface area contributed by atoms with Gasteiger partial charge in [0.25, 0.3) is 0 Å². The van der Waals surface area contributed by atoms with Crippen LogP contribution in [0.4, 0.5) is 5.69 Å². The summed E-state index contributed by atoms with van der Waals surface area (Å²) >= 11 is 0. The highest BCUT2D eigenvalue weighted by atomic mass is 16.5. The van der Waals surface area contributed by atoms with Gasteiger partial charge in [-0.05, 0) is 18.1 Å². The Hall–Kier alpha value is -1.80. The van der Waals surface area contributed by atoms with E-state index in [0.717, 1.165) is 24.4 Å². The average molecular weight is 232 g/mol. The van der Waals surface area contributed by atoms with E-state index in [9.17, 15) is 4.79 Å². The van der Waals surface area contributed by atoms with Gasteiger partial charge in [-0.3, -0.25) is 0 Å². The topological polar surface area (TPSA) is 41.9 Å². The van der Waals surface area contributed by atoms with Gasteiger partial charge in [0.1, 0.15) is 5.75 Å². The third kappa shape index (κ3) is 2.17. The standard InChI is InChI=1S/C13H16N2O2/c1-15-7-6-10(8-14-9-16)11-4-3-5-12(17-2)13(11)15/h3-5,10H,6-8H2,1-2H3. The number of benzene rings is 1. The number of para-hydroxylation sites is 1. The Labute approximate surface area is 101 Å². The molecule has 1 aromatic carbocycles. The summed E-state index contributed by atoms with van der Waals surface area (Å²) in [7, 11) is 3.73. The molecule has 1 aliphatic rings. The Balaban J connectivity index is 2.42. The second kappa shape index (κ2) is 5.02. The lowest BCUT2D eigenvalue weighted by atomic mass is 9.90. The first-order chi connectivity index (χ1) is 8.27. The van der Waals surface area contributed by atoms with E-state index in [0.29, 0.717) is 6.54 Å². The molecule has 1 aliphatic heterocycles. The zero-order valence-electron chi connectivity index (χ0n) is 10.1. The van der Waals surface area contributed by atoms with E-state index in [4.69, 9.17) is 4.74 Å². The first-order valence-electron chi connectivity index (χ1n) is 5.69. The Morgan fingerprint density at radius 3 is 3.12 bits per heavy atom. The van der Waals surface area contributed by atoms with Crippen molar-refractivity contribution < 1.29 is 9.53 Å². The van der Waals surface area contributed by atoms with Crippen molar-refractivity contribution in [2.75, 3.05) is 32.1 Å². The Morgan fingerprint density at radius 2 is 2.41 bits per heavy atom. The van der Waals surface area contributed by atoms with Crippen molar-refractivity contribution in [2.45, 2.75) is 12.3 Å². The Bertz CT molecular complexity index is 453. The molecule has 0 spiro atoms. The van der Waals surface area contributed by atoms with Crippen molar-refractivity contribution in [1.82, 2.24) is 0 Å². The van der Waals surface area contributed by atoms with Crippen LogP contribution in [0, 0.1) is 0 Å². The molecule has 1 unspecified atom stereocenters. The normalized spacial score (nSPS) is 18.2. The molecule has 2 rings (SSSR count). The summed E-state index contributed by atoms with van der Waals surface area (Å²) in [5.41, 5.74) is 2.32. The summed E-state index contributed by atoms with van der Waals surface area (Å²) in [6, 6.07) is 6.02. The molecule has 17 heavy (non-hydrogen) atoms. The summed E-state index contributed by atoms with van der Waals surface area (Å²) in [5.74, 6) is 1.17. The molecule has 0 aromatic heterocycles. The summed E-state index contributed by atoms with van der Waals surface area (Å²) in [5, 5.41) is 0. The minimum absolute atomic E-state index is 0.290. The van der Waals surface area contributed by atoms with E-state index in [1.807, 2.05) is 12.1 Å².